The van der Waals surface area contributed by atoms with Crippen LogP contribution in [-0.4, -0.2) is 5.97 Å². The second-order valence-electron chi connectivity index (χ2n) is 6.15. The molecule has 0 aliphatic rings. The number of carbonyl (C=O) groups excluding carboxylic acids is 1. The van der Waals surface area contributed by atoms with Crippen molar-refractivity contribution in [3.63, 3.8) is 0 Å². The third kappa shape index (κ3) is 3.85. The lowest BCUT2D eigenvalue weighted by atomic mass is 9.97. The van der Waals surface area contributed by atoms with Crippen molar-refractivity contribution in [2.45, 2.75) is 27.7 Å². The maximum Gasteiger partial charge on any atom is 0.316 e. The van der Waals surface area contributed by atoms with Crippen LogP contribution < -0.4 is 4.74 Å². The lowest BCUT2D eigenvalue weighted by Crippen LogP contribution is -2.25. The molecule has 2 aromatic carbocycles. The maximum absolute atomic E-state index is 12.1. The fourth-order valence-corrected chi connectivity index (χ4v) is 1.96. The molecule has 0 N–H and O–H groups in total. The summed E-state index contributed by atoms with van der Waals surface area (Å²) in [6.45, 7) is 7.49. The quantitative estimate of drug-likeness (QED) is 0.558. The van der Waals surface area contributed by atoms with Gasteiger partial charge in [-0.1, -0.05) is 35.9 Å². The summed E-state index contributed by atoms with van der Waals surface area (Å²) in [5.41, 5.74) is 2.36. The molecule has 0 heterocycles. The number of esters is 1. The summed E-state index contributed by atoms with van der Waals surface area (Å²) in [5.74, 6) is 0.334. The molecule has 2 nitrogen and oxygen atoms in total. The number of ether oxygens (including phenoxy) is 1. The van der Waals surface area contributed by atoms with Crippen LogP contribution in [0, 0.1) is 12.3 Å². The summed E-state index contributed by atoms with van der Waals surface area (Å²) in [5, 5.41) is 0.680. The smallest absolute Gasteiger partial charge is 0.316 e. The van der Waals surface area contributed by atoms with Crippen molar-refractivity contribution in [2.75, 3.05) is 0 Å². The molecule has 0 fully saturated rings. The number of hydrogen-bond acceptors (Lipinski definition) is 2. The van der Waals surface area contributed by atoms with Crippen LogP contribution in [0.5, 0.6) is 5.75 Å². The van der Waals surface area contributed by atoms with E-state index in [1.54, 1.807) is 0 Å². The third-order valence-electron chi connectivity index (χ3n) is 3.11. The largest absolute Gasteiger partial charge is 0.425 e. The fourth-order valence-electron chi connectivity index (χ4n) is 1.83. The van der Waals surface area contributed by atoms with Gasteiger partial charge in [0.2, 0.25) is 0 Å². The molecule has 0 aliphatic heterocycles. The van der Waals surface area contributed by atoms with Crippen molar-refractivity contribution in [3.05, 3.63) is 53.1 Å². The molecule has 0 amide bonds. The second kappa shape index (κ2) is 5.90. The van der Waals surface area contributed by atoms with Crippen molar-refractivity contribution < 1.29 is 9.53 Å². The normalized spacial score (nSPS) is 11.3. The van der Waals surface area contributed by atoms with Crippen LogP contribution in [0.3, 0.4) is 0 Å². The predicted octanol–water partition coefficient (Wildman–Crippen LogP) is 5.27. The molecule has 110 valence electrons. The summed E-state index contributed by atoms with van der Waals surface area (Å²) in [7, 11) is 0. The van der Waals surface area contributed by atoms with E-state index in [-0.39, 0.29) is 5.97 Å². The van der Waals surface area contributed by atoms with Gasteiger partial charge in [-0.2, -0.15) is 0 Å². The van der Waals surface area contributed by atoms with Gasteiger partial charge < -0.3 is 4.74 Å². The summed E-state index contributed by atoms with van der Waals surface area (Å²) in [6.07, 6.45) is 0. The van der Waals surface area contributed by atoms with E-state index in [1.165, 1.54) is 0 Å². The van der Waals surface area contributed by atoms with Gasteiger partial charge in [0, 0.05) is 10.6 Å². The van der Waals surface area contributed by atoms with Crippen LogP contribution in [0.15, 0.2) is 42.5 Å². The van der Waals surface area contributed by atoms with E-state index in [0.29, 0.717) is 10.8 Å². The second-order valence-corrected chi connectivity index (χ2v) is 6.58. The van der Waals surface area contributed by atoms with Crippen LogP contribution in [0.4, 0.5) is 0 Å². The molecule has 0 bridgehead atoms. The zero-order valence-electron chi connectivity index (χ0n) is 12.7. The van der Waals surface area contributed by atoms with Gasteiger partial charge in [0.25, 0.3) is 0 Å². The Labute approximate surface area is 130 Å². The van der Waals surface area contributed by atoms with Crippen molar-refractivity contribution in [1.29, 1.82) is 0 Å². The first-order valence-electron chi connectivity index (χ1n) is 6.86. The molecular weight excluding hydrogens is 284 g/mol. The number of hydrogen-bond donors (Lipinski definition) is 0. The summed E-state index contributed by atoms with van der Waals surface area (Å²) in [6, 6.07) is 13.3. The van der Waals surface area contributed by atoms with Gasteiger partial charge in [-0.05, 0) is 57.0 Å². The highest BCUT2D eigenvalue weighted by Gasteiger charge is 2.24. The average Bonchev–Trinajstić information content (AvgIpc) is 2.39. The van der Waals surface area contributed by atoms with Crippen LogP contribution >= 0.6 is 11.6 Å². The number of aryl methyl sites for hydroxylation is 1. The van der Waals surface area contributed by atoms with Gasteiger partial charge in [-0.3, -0.25) is 4.79 Å². The van der Waals surface area contributed by atoms with Crippen molar-refractivity contribution in [1.82, 2.24) is 0 Å². The first kappa shape index (κ1) is 15.6. The number of carbonyl (C=O) groups is 1. The number of halogens is 1. The van der Waals surface area contributed by atoms with Crippen LogP contribution in [0.25, 0.3) is 11.1 Å². The highest BCUT2D eigenvalue weighted by molar-refractivity contribution is 6.30. The Balaban J connectivity index is 2.43. The lowest BCUT2D eigenvalue weighted by Gasteiger charge is -2.18. The minimum atomic E-state index is -0.541. The Hall–Kier alpha value is -1.80. The molecule has 0 aromatic heterocycles. The molecular formula is C18H19ClO2. The number of benzene rings is 2. The summed E-state index contributed by atoms with van der Waals surface area (Å²) < 4.78 is 5.60. The van der Waals surface area contributed by atoms with E-state index in [9.17, 15) is 4.79 Å². The standard InChI is InChI=1S/C18H19ClO2/c1-12-5-10-15(13-6-8-14(19)9-7-13)16(11-12)21-17(20)18(2,3)4/h5-11H,1-4H3. The Morgan fingerprint density at radius 1 is 1.05 bits per heavy atom. The topological polar surface area (TPSA) is 26.3 Å². The van der Waals surface area contributed by atoms with E-state index < -0.39 is 5.41 Å². The summed E-state index contributed by atoms with van der Waals surface area (Å²) in [4.78, 5) is 12.1. The van der Waals surface area contributed by atoms with E-state index in [0.717, 1.165) is 16.7 Å². The Morgan fingerprint density at radius 2 is 1.67 bits per heavy atom. The maximum atomic E-state index is 12.1. The van der Waals surface area contributed by atoms with Crippen LogP contribution in [0.1, 0.15) is 26.3 Å². The van der Waals surface area contributed by atoms with Gasteiger partial charge in [0.15, 0.2) is 0 Å². The van der Waals surface area contributed by atoms with E-state index in [1.807, 2.05) is 70.2 Å². The van der Waals surface area contributed by atoms with Crippen LogP contribution in [0.2, 0.25) is 5.02 Å². The molecule has 0 unspecified atom stereocenters. The van der Waals surface area contributed by atoms with Gasteiger partial charge in [-0.15, -0.1) is 0 Å². The van der Waals surface area contributed by atoms with Gasteiger partial charge in [0.1, 0.15) is 5.75 Å². The Kier molecular flexibility index (Phi) is 4.38. The van der Waals surface area contributed by atoms with Crippen molar-refractivity contribution >= 4 is 17.6 Å². The van der Waals surface area contributed by atoms with Crippen molar-refractivity contribution in [2.24, 2.45) is 5.41 Å². The molecule has 3 heteroatoms. The van der Waals surface area contributed by atoms with E-state index in [4.69, 9.17) is 16.3 Å². The highest BCUT2D eigenvalue weighted by Crippen LogP contribution is 2.33. The third-order valence-corrected chi connectivity index (χ3v) is 3.36. The Morgan fingerprint density at radius 3 is 2.24 bits per heavy atom. The molecule has 0 saturated heterocycles. The minimum absolute atomic E-state index is 0.247. The first-order valence-corrected chi connectivity index (χ1v) is 7.24. The van der Waals surface area contributed by atoms with Gasteiger partial charge >= 0.3 is 5.97 Å². The van der Waals surface area contributed by atoms with Crippen molar-refractivity contribution in [3.8, 4) is 16.9 Å². The molecule has 2 aromatic rings. The molecule has 0 spiro atoms. The Bertz CT molecular complexity index is 652. The molecule has 2 rings (SSSR count). The number of rotatable bonds is 2. The monoisotopic (exact) mass is 302 g/mol. The lowest BCUT2D eigenvalue weighted by molar-refractivity contribution is -0.142. The highest BCUT2D eigenvalue weighted by atomic mass is 35.5. The molecule has 21 heavy (non-hydrogen) atoms. The fraction of sp³-hybridized carbons (Fsp3) is 0.278. The SMILES string of the molecule is Cc1ccc(-c2ccc(Cl)cc2)c(OC(=O)C(C)(C)C)c1. The molecule has 0 aliphatic carbocycles. The first-order chi connectivity index (χ1) is 9.77. The van der Waals surface area contributed by atoms with Crippen LogP contribution in [-0.2, 0) is 4.79 Å². The minimum Gasteiger partial charge on any atom is -0.425 e. The zero-order valence-corrected chi connectivity index (χ0v) is 13.5. The van der Waals surface area contributed by atoms with E-state index >= 15 is 0 Å². The molecule has 0 radical (unpaired) electrons. The van der Waals surface area contributed by atoms with Gasteiger partial charge in [0.05, 0.1) is 5.41 Å². The van der Waals surface area contributed by atoms with E-state index in [2.05, 4.69) is 0 Å². The average molecular weight is 303 g/mol. The summed E-state index contributed by atoms with van der Waals surface area (Å²) >= 11 is 5.92. The predicted molar refractivity (Wildman–Crippen MR) is 86.7 cm³/mol. The van der Waals surface area contributed by atoms with Gasteiger partial charge in [-0.25, -0.2) is 0 Å². The molecule has 0 atom stereocenters. The molecule has 0 saturated carbocycles. The zero-order chi connectivity index (χ0) is 15.6.